The minimum Gasteiger partial charge on any atom is -0.456 e. The average Bonchev–Trinajstić information content (AvgIpc) is 2.32. The van der Waals surface area contributed by atoms with Gasteiger partial charge in [-0.15, -0.1) is 0 Å². The third-order valence-electron chi connectivity index (χ3n) is 2.93. The summed E-state index contributed by atoms with van der Waals surface area (Å²) in [5, 5.41) is 7.70. The van der Waals surface area contributed by atoms with Crippen LogP contribution in [0.15, 0.2) is 28.7 Å². The maximum atomic E-state index is 7.70. The molecule has 0 radical (unpaired) electrons. The summed E-state index contributed by atoms with van der Waals surface area (Å²) in [5.41, 5.74) is 8.71. The van der Waals surface area contributed by atoms with Crippen LogP contribution in [0.4, 0.5) is 0 Å². The molecule has 1 aromatic heterocycles. The van der Waals surface area contributed by atoms with Crippen molar-refractivity contribution in [3.63, 3.8) is 0 Å². The van der Waals surface area contributed by atoms with Crippen molar-refractivity contribution in [1.82, 2.24) is 4.98 Å². The normalized spacial score (nSPS) is 10.4. The minimum absolute atomic E-state index is 0.0438. The van der Waals surface area contributed by atoms with Gasteiger partial charge in [0.1, 0.15) is 17.3 Å². The predicted molar refractivity (Wildman–Crippen MR) is 83.7 cm³/mol. The monoisotopic (exact) mass is 333 g/mol. The van der Waals surface area contributed by atoms with Crippen molar-refractivity contribution in [2.45, 2.75) is 20.8 Å². The van der Waals surface area contributed by atoms with Crippen molar-refractivity contribution in [2.75, 3.05) is 0 Å². The van der Waals surface area contributed by atoms with E-state index in [1.807, 2.05) is 39.0 Å². The minimum atomic E-state index is -0.0438. The first kappa shape index (κ1) is 14.5. The third kappa shape index (κ3) is 2.99. The Bertz CT molecular complexity index is 683. The van der Waals surface area contributed by atoms with Crippen LogP contribution in [0.2, 0.25) is 0 Å². The molecule has 1 aromatic carbocycles. The summed E-state index contributed by atoms with van der Waals surface area (Å²) in [6.45, 7) is 5.68. The fourth-order valence-electron chi connectivity index (χ4n) is 2.00. The molecule has 20 heavy (non-hydrogen) atoms. The van der Waals surface area contributed by atoms with Crippen molar-refractivity contribution in [3.05, 3.63) is 51.3 Å². The van der Waals surface area contributed by atoms with Crippen LogP contribution in [0.25, 0.3) is 0 Å². The van der Waals surface area contributed by atoms with Crippen molar-refractivity contribution < 1.29 is 4.74 Å². The maximum absolute atomic E-state index is 7.70. The highest BCUT2D eigenvalue weighted by Gasteiger charge is 2.14. The molecule has 0 unspecified atom stereocenters. The van der Waals surface area contributed by atoms with Crippen LogP contribution in [0, 0.1) is 26.2 Å². The third-order valence-corrected chi connectivity index (χ3v) is 3.42. The van der Waals surface area contributed by atoms with E-state index in [4.69, 9.17) is 15.9 Å². The quantitative estimate of drug-likeness (QED) is 0.662. The molecular formula is C15H16BrN3O. The number of hydrogen-bond donors (Lipinski definition) is 2. The summed E-state index contributed by atoms with van der Waals surface area (Å²) < 4.78 is 6.89. The zero-order chi connectivity index (χ0) is 14.9. The Kier molecular flexibility index (Phi) is 4.09. The Labute approximate surface area is 126 Å². The molecule has 0 atom stereocenters. The smallest absolute Gasteiger partial charge is 0.141 e. The lowest BCUT2D eigenvalue weighted by atomic mass is 10.1. The molecular weight excluding hydrogens is 318 g/mol. The van der Waals surface area contributed by atoms with Gasteiger partial charge >= 0.3 is 0 Å². The Morgan fingerprint density at radius 1 is 1.20 bits per heavy atom. The summed E-state index contributed by atoms with van der Waals surface area (Å²) in [6, 6.07) is 7.61. The van der Waals surface area contributed by atoms with E-state index < -0.39 is 0 Å². The zero-order valence-electron chi connectivity index (χ0n) is 11.6. The maximum Gasteiger partial charge on any atom is 0.141 e. The topological polar surface area (TPSA) is 72.0 Å². The molecule has 3 N–H and O–H groups in total. The van der Waals surface area contributed by atoms with Crippen LogP contribution in [-0.2, 0) is 0 Å². The summed E-state index contributed by atoms with van der Waals surface area (Å²) in [7, 11) is 0. The van der Waals surface area contributed by atoms with E-state index in [1.54, 1.807) is 6.07 Å². The van der Waals surface area contributed by atoms with E-state index in [2.05, 4.69) is 20.9 Å². The molecule has 5 heteroatoms. The van der Waals surface area contributed by atoms with Crippen LogP contribution in [-0.4, -0.2) is 10.8 Å². The van der Waals surface area contributed by atoms with Crippen molar-refractivity contribution in [2.24, 2.45) is 5.73 Å². The second kappa shape index (κ2) is 5.63. The van der Waals surface area contributed by atoms with E-state index in [-0.39, 0.29) is 5.84 Å². The van der Waals surface area contributed by atoms with Gasteiger partial charge in [0.25, 0.3) is 0 Å². The van der Waals surface area contributed by atoms with Gasteiger partial charge in [-0.05, 0) is 38.5 Å². The Morgan fingerprint density at radius 2 is 1.90 bits per heavy atom. The number of rotatable bonds is 3. The molecule has 2 aromatic rings. The molecule has 4 nitrogen and oxygen atoms in total. The number of aryl methyl sites for hydroxylation is 3. The molecule has 0 aliphatic rings. The highest BCUT2D eigenvalue weighted by Crippen LogP contribution is 2.31. The molecule has 0 spiro atoms. The van der Waals surface area contributed by atoms with Gasteiger partial charge in [-0.3, -0.25) is 10.4 Å². The Hall–Kier alpha value is -1.88. The Morgan fingerprint density at radius 3 is 2.55 bits per heavy atom. The second-order valence-corrected chi connectivity index (χ2v) is 5.56. The fourth-order valence-corrected chi connectivity index (χ4v) is 2.34. The van der Waals surface area contributed by atoms with Gasteiger partial charge in [0.15, 0.2) is 0 Å². The van der Waals surface area contributed by atoms with E-state index in [1.165, 1.54) is 0 Å². The molecule has 0 amide bonds. The average molecular weight is 334 g/mol. The van der Waals surface area contributed by atoms with Gasteiger partial charge in [-0.25, -0.2) is 0 Å². The van der Waals surface area contributed by atoms with Crippen molar-refractivity contribution >= 4 is 21.8 Å². The molecule has 0 saturated carbocycles. The number of hydrogen-bond acceptors (Lipinski definition) is 3. The number of pyridine rings is 1. The summed E-state index contributed by atoms with van der Waals surface area (Å²) in [5.74, 6) is 1.24. The van der Waals surface area contributed by atoms with Gasteiger partial charge in [0, 0.05) is 16.2 Å². The first-order valence-electron chi connectivity index (χ1n) is 6.15. The number of halogens is 1. The highest BCUT2D eigenvalue weighted by atomic mass is 79.9. The molecule has 104 valence electrons. The molecule has 0 bridgehead atoms. The first-order chi connectivity index (χ1) is 9.38. The van der Waals surface area contributed by atoms with Crippen LogP contribution in [0.3, 0.4) is 0 Å². The molecule has 1 heterocycles. The standard InChI is InChI=1S/C15H16BrN3O/c1-8-4-5-11(16)7-12(8)20-13-6-9(2)19-10(3)14(13)15(17)18/h4-7H,1-3H3,(H3,17,18). The number of nitrogens with zero attached hydrogens (tertiary/aromatic N) is 1. The lowest BCUT2D eigenvalue weighted by Crippen LogP contribution is -2.15. The lowest BCUT2D eigenvalue weighted by Gasteiger charge is -2.14. The molecule has 0 saturated heterocycles. The number of nitrogen functional groups attached to an aromatic ring is 1. The van der Waals surface area contributed by atoms with E-state index in [9.17, 15) is 0 Å². The highest BCUT2D eigenvalue weighted by molar-refractivity contribution is 9.10. The number of aromatic nitrogens is 1. The van der Waals surface area contributed by atoms with Gasteiger partial charge in [0.05, 0.1) is 11.3 Å². The van der Waals surface area contributed by atoms with Crippen LogP contribution >= 0.6 is 15.9 Å². The van der Waals surface area contributed by atoms with E-state index in [0.717, 1.165) is 21.5 Å². The van der Waals surface area contributed by atoms with Gasteiger partial charge in [-0.2, -0.15) is 0 Å². The molecule has 0 aliphatic carbocycles. The van der Waals surface area contributed by atoms with E-state index >= 15 is 0 Å². The predicted octanol–water partition coefficient (Wildman–Crippen LogP) is 3.85. The molecule has 0 aliphatic heterocycles. The largest absolute Gasteiger partial charge is 0.456 e. The van der Waals surface area contributed by atoms with Crippen LogP contribution in [0.5, 0.6) is 11.5 Å². The van der Waals surface area contributed by atoms with Gasteiger partial charge in [0.2, 0.25) is 0 Å². The summed E-state index contributed by atoms with van der Waals surface area (Å²) in [6.07, 6.45) is 0. The van der Waals surface area contributed by atoms with Crippen molar-refractivity contribution in [1.29, 1.82) is 5.41 Å². The molecule has 0 fully saturated rings. The summed E-state index contributed by atoms with van der Waals surface area (Å²) in [4.78, 5) is 4.33. The van der Waals surface area contributed by atoms with Gasteiger partial charge < -0.3 is 10.5 Å². The lowest BCUT2D eigenvalue weighted by molar-refractivity contribution is 0.475. The van der Waals surface area contributed by atoms with Crippen molar-refractivity contribution in [3.8, 4) is 11.5 Å². The molecule has 2 rings (SSSR count). The zero-order valence-corrected chi connectivity index (χ0v) is 13.2. The van der Waals surface area contributed by atoms with Crippen LogP contribution in [0.1, 0.15) is 22.5 Å². The van der Waals surface area contributed by atoms with Crippen LogP contribution < -0.4 is 10.5 Å². The number of nitrogens with one attached hydrogen (secondary N) is 1. The SMILES string of the molecule is Cc1cc(Oc2cc(Br)ccc2C)c(C(=N)N)c(C)n1. The Balaban J connectivity index is 2.53. The number of nitrogens with two attached hydrogens (primary N) is 1. The number of benzene rings is 1. The number of ether oxygens (including phenoxy) is 1. The summed E-state index contributed by atoms with van der Waals surface area (Å²) >= 11 is 3.43. The number of amidine groups is 1. The van der Waals surface area contributed by atoms with E-state index in [0.29, 0.717) is 17.0 Å². The fraction of sp³-hybridized carbons (Fsp3) is 0.200. The van der Waals surface area contributed by atoms with Gasteiger partial charge in [-0.1, -0.05) is 22.0 Å². The second-order valence-electron chi connectivity index (χ2n) is 4.65. The first-order valence-corrected chi connectivity index (χ1v) is 6.94.